The number of unbranched alkanes of at least 4 members (excludes halogenated alkanes) is 6. The van der Waals surface area contributed by atoms with Crippen LogP contribution in [0.1, 0.15) is 126 Å². The van der Waals surface area contributed by atoms with Gasteiger partial charge < -0.3 is 4.90 Å². The Morgan fingerprint density at radius 3 is 1.49 bits per heavy atom. The predicted octanol–water partition coefficient (Wildman–Crippen LogP) is 16.5. The highest BCUT2D eigenvalue weighted by Crippen LogP contribution is 2.55. The topological polar surface area (TPSA) is 3.24 Å². The van der Waals surface area contributed by atoms with Crippen LogP contribution in [-0.2, 0) is 5.41 Å². The van der Waals surface area contributed by atoms with E-state index in [0.29, 0.717) is 5.92 Å². The third kappa shape index (κ3) is 8.23. The minimum Gasteiger partial charge on any atom is -0.311 e. The summed E-state index contributed by atoms with van der Waals surface area (Å²) < 4.78 is 0. The lowest BCUT2D eigenvalue weighted by Gasteiger charge is -2.33. The van der Waals surface area contributed by atoms with Crippen molar-refractivity contribution in [2.45, 2.75) is 117 Å². The summed E-state index contributed by atoms with van der Waals surface area (Å²) in [5, 5.41) is 0. The number of benzene rings is 6. The molecule has 0 saturated heterocycles. The van der Waals surface area contributed by atoms with E-state index in [1.165, 1.54) is 114 Å². The molecule has 1 atom stereocenters. The molecule has 6 aromatic carbocycles. The van der Waals surface area contributed by atoms with E-state index in [1.54, 1.807) is 11.1 Å². The standard InChI is InChI=1S/C54H61N/c1-6-9-11-16-36-54(37-17-12-10-7-2)52-38-40(4)20-34-50(52)51-35-27-46(39-53(51)54)45-25-32-49(33-26-45)55(47-28-21-42(22-29-47)41(5)8-3)48-30-23-44(24-31-48)43-18-14-13-15-19-43/h13-15,18-35,38-39,41H,6-12,16-17,36-37H2,1-5H3. The number of hydrogen-bond acceptors (Lipinski definition) is 1. The summed E-state index contributed by atoms with van der Waals surface area (Å²) in [5.41, 5.74) is 17.5. The number of rotatable bonds is 17. The second-order valence-corrected chi connectivity index (χ2v) is 16.2. The largest absolute Gasteiger partial charge is 0.311 e. The smallest absolute Gasteiger partial charge is 0.0462 e. The normalized spacial score (nSPS) is 13.3. The van der Waals surface area contributed by atoms with Crippen LogP contribution in [-0.4, -0.2) is 0 Å². The predicted molar refractivity (Wildman–Crippen MR) is 239 cm³/mol. The Hall–Kier alpha value is -4.88. The molecule has 6 aromatic rings. The van der Waals surface area contributed by atoms with Gasteiger partial charge in [-0.25, -0.2) is 0 Å². The Kier molecular flexibility index (Phi) is 12.4. The van der Waals surface area contributed by atoms with Gasteiger partial charge in [0.2, 0.25) is 0 Å². The molecule has 7 rings (SSSR count). The lowest BCUT2D eigenvalue weighted by Crippen LogP contribution is -2.25. The first-order chi connectivity index (χ1) is 27.0. The van der Waals surface area contributed by atoms with Crippen LogP contribution in [0.25, 0.3) is 33.4 Å². The maximum absolute atomic E-state index is 2.58. The molecule has 0 bridgehead atoms. The monoisotopic (exact) mass is 723 g/mol. The second kappa shape index (κ2) is 17.7. The van der Waals surface area contributed by atoms with E-state index in [-0.39, 0.29) is 5.41 Å². The maximum Gasteiger partial charge on any atom is 0.0462 e. The summed E-state index contributed by atoms with van der Waals surface area (Å²) in [6.07, 6.45) is 14.0. The molecule has 0 N–H and O–H groups in total. The number of anilines is 3. The van der Waals surface area contributed by atoms with Crippen LogP contribution in [0.2, 0.25) is 0 Å². The van der Waals surface area contributed by atoms with Crippen LogP contribution in [0.3, 0.4) is 0 Å². The Balaban J connectivity index is 1.25. The molecule has 0 spiro atoms. The van der Waals surface area contributed by atoms with Crippen molar-refractivity contribution in [3.63, 3.8) is 0 Å². The van der Waals surface area contributed by atoms with Crippen molar-refractivity contribution >= 4 is 17.1 Å². The van der Waals surface area contributed by atoms with Crippen molar-refractivity contribution in [1.29, 1.82) is 0 Å². The zero-order valence-electron chi connectivity index (χ0n) is 34.1. The zero-order chi connectivity index (χ0) is 38.2. The molecule has 0 aromatic heterocycles. The Labute approximate surface area is 332 Å². The van der Waals surface area contributed by atoms with Crippen LogP contribution in [0.15, 0.2) is 140 Å². The second-order valence-electron chi connectivity index (χ2n) is 16.2. The van der Waals surface area contributed by atoms with Gasteiger partial charge in [0.1, 0.15) is 0 Å². The lowest BCUT2D eigenvalue weighted by atomic mass is 9.70. The van der Waals surface area contributed by atoms with E-state index in [9.17, 15) is 0 Å². The quantitative estimate of drug-likeness (QED) is 0.0847. The summed E-state index contributed by atoms with van der Waals surface area (Å²) >= 11 is 0. The molecule has 1 unspecified atom stereocenters. The summed E-state index contributed by atoms with van der Waals surface area (Å²) in [5.74, 6) is 0.544. The van der Waals surface area contributed by atoms with Crippen molar-refractivity contribution in [2.24, 2.45) is 0 Å². The number of hydrogen-bond donors (Lipinski definition) is 0. The molecule has 0 fully saturated rings. The van der Waals surface area contributed by atoms with Crippen LogP contribution in [0.5, 0.6) is 0 Å². The van der Waals surface area contributed by atoms with Gasteiger partial charge in [-0.1, -0.05) is 182 Å². The number of nitrogens with zero attached hydrogens (tertiary/aromatic N) is 1. The third-order valence-corrected chi connectivity index (χ3v) is 12.5. The molecule has 1 heteroatoms. The minimum absolute atomic E-state index is 0.0816. The van der Waals surface area contributed by atoms with Gasteiger partial charge in [0.15, 0.2) is 0 Å². The van der Waals surface area contributed by atoms with Crippen molar-refractivity contribution in [2.75, 3.05) is 4.90 Å². The molecule has 55 heavy (non-hydrogen) atoms. The number of fused-ring (bicyclic) bond motifs is 3. The summed E-state index contributed by atoms with van der Waals surface area (Å²) in [6, 6.07) is 52.8. The van der Waals surface area contributed by atoms with Gasteiger partial charge in [-0.05, 0) is 125 Å². The van der Waals surface area contributed by atoms with Crippen LogP contribution in [0, 0.1) is 6.92 Å². The summed E-state index contributed by atoms with van der Waals surface area (Å²) in [4.78, 5) is 2.40. The maximum atomic E-state index is 2.58. The first kappa shape index (κ1) is 38.4. The van der Waals surface area contributed by atoms with Crippen LogP contribution in [0.4, 0.5) is 17.1 Å². The Morgan fingerprint density at radius 1 is 0.473 bits per heavy atom. The van der Waals surface area contributed by atoms with Gasteiger partial charge in [0, 0.05) is 22.5 Å². The molecule has 0 radical (unpaired) electrons. The molecule has 282 valence electrons. The molecule has 1 nitrogen and oxygen atoms in total. The zero-order valence-corrected chi connectivity index (χ0v) is 34.1. The molecular formula is C54H61N. The van der Waals surface area contributed by atoms with E-state index < -0.39 is 0 Å². The van der Waals surface area contributed by atoms with Crippen molar-refractivity contribution in [1.82, 2.24) is 0 Å². The molecule has 0 amide bonds. The van der Waals surface area contributed by atoms with E-state index in [1.807, 2.05) is 0 Å². The first-order valence-electron chi connectivity index (χ1n) is 21.4. The first-order valence-corrected chi connectivity index (χ1v) is 21.4. The Morgan fingerprint density at radius 2 is 0.945 bits per heavy atom. The van der Waals surface area contributed by atoms with E-state index >= 15 is 0 Å². The lowest BCUT2D eigenvalue weighted by molar-refractivity contribution is 0.401. The van der Waals surface area contributed by atoms with Crippen molar-refractivity contribution in [3.8, 4) is 33.4 Å². The third-order valence-electron chi connectivity index (χ3n) is 12.5. The average Bonchev–Trinajstić information content (AvgIpc) is 3.49. The van der Waals surface area contributed by atoms with Gasteiger partial charge in [0.05, 0.1) is 0 Å². The highest BCUT2D eigenvalue weighted by Gasteiger charge is 2.42. The van der Waals surface area contributed by atoms with Crippen LogP contribution >= 0.6 is 0 Å². The number of aryl methyl sites for hydroxylation is 1. The van der Waals surface area contributed by atoms with E-state index in [2.05, 4.69) is 179 Å². The van der Waals surface area contributed by atoms with Gasteiger partial charge in [-0.15, -0.1) is 0 Å². The fourth-order valence-electron chi connectivity index (χ4n) is 9.03. The molecule has 1 aliphatic carbocycles. The van der Waals surface area contributed by atoms with Crippen molar-refractivity contribution < 1.29 is 0 Å². The van der Waals surface area contributed by atoms with Gasteiger partial charge in [-0.3, -0.25) is 0 Å². The SMILES string of the molecule is CCCCCCC1(CCCCCC)c2cc(C)ccc2-c2ccc(-c3ccc(N(c4ccc(-c5ccccc5)cc4)c4ccc(C(C)CC)cc4)cc3)cc21. The Bertz CT molecular complexity index is 2110. The molecule has 0 saturated carbocycles. The molecule has 0 heterocycles. The molecule has 0 aliphatic heterocycles. The van der Waals surface area contributed by atoms with E-state index in [0.717, 1.165) is 17.8 Å². The highest BCUT2D eigenvalue weighted by atomic mass is 15.1. The summed E-state index contributed by atoms with van der Waals surface area (Å²) in [6.45, 7) is 11.5. The average molecular weight is 724 g/mol. The fourth-order valence-corrected chi connectivity index (χ4v) is 9.03. The summed E-state index contributed by atoms with van der Waals surface area (Å²) in [7, 11) is 0. The fraction of sp³-hybridized carbons (Fsp3) is 0.333. The van der Waals surface area contributed by atoms with Gasteiger partial charge in [0.25, 0.3) is 0 Å². The van der Waals surface area contributed by atoms with Crippen molar-refractivity contribution in [3.05, 3.63) is 162 Å². The van der Waals surface area contributed by atoms with Crippen LogP contribution < -0.4 is 4.90 Å². The molecule has 1 aliphatic rings. The van der Waals surface area contributed by atoms with Gasteiger partial charge >= 0.3 is 0 Å². The highest BCUT2D eigenvalue weighted by molar-refractivity contribution is 5.85. The van der Waals surface area contributed by atoms with Gasteiger partial charge in [-0.2, -0.15) is 0 Å². The van der Waals surface area contributed by atoms with E-state index in [4.69, 9.17) is 0 Å². The molecular weight excluding hydrogens is 663 g/mol. The minimum atomic E-state index is 0.0816.